The van der Waals surface area contributed by atoms with Gasteiger partial charge in [0.05, 0.1) is 5.39 Å². The second-order valence-corrected chi connectivity index (χ2v) is 5.09. The third-order valence-electron chi connectivity index (χ3n) is 3.56. The van der Waals surface area contributed by atoms with Gasteiger partial charge in [0.25, 0.3) is 11.5 Å². The smallest absolute Gasteiger partial charge is 0.332 e. The summed E-state index contributed by atoms with van der Waals surface area (Å²) in [5.41, 5.74) is -0.0210. The van der Waals surface area contributed by atoms with E-state index in [0.29, 0.717) is 16.3 Å². The van der Waals surface area contributed by atoms with E-state index in [4.69, 9.17) is 0 Å². The highest BCUT2D eigenvalue weighted by atomic mass is 16.4. The Bertz CT molecular complexity index is 966. The molecule has 3 N–H and O–H groups in total. The molecule has 0 bridgehead atoms. The number of carbonyl (C=O) groups excluding carboxylic acids is 1. The molecule has 0 saturated heterocycles. The van der Waals surface area contributed by atoms with Gasteiger partial charge in [-0.15, -0.1) is 0 Å². The van der Waals surface area contributed by atoms with E-state index in [1.807, 2.05) is 0 Å². The van der Waals surface area contributed by atoms with E-state index < -0.39 is 23.5 Å². The van der Waals surface area contributed by atoms with Crippen LogP contribution in [-0.2, 0) is 4.79 Å². The summed E-state index contributed by atoms with van der Waals surface area (Å²) in [5, 5.41) is 18.7. The lowest BCUT2D eigenvalue weighted by Gasteiger charge is -2.15. The fourth-order valence-corrected chi connectivity index (χ4v) is 2.41. The summed E-state index contributed by atoms with van der Waals surface area (Å²) >= 11 is 0. The van der Waals surface area contributed by atoms with Crippen LogP contribution in [0.5, 0.6) is 0 Å². The van der Waals surface area contributed by atoms with Crippen LogP contribution < -0.4 is 10.9 Å². The highest BCUT2D eigenvalue weighted by Crippen LogP contribution is 2.20. The van der Waals surface area contributed by atoms with Gasteiger partial charge in [-0.25, -0.2) is 9.89 Å². The molecule has 3 aromatic rings. The van der Waals surface area contributed by atoms with Crippen LogP contribution in [0, 0.1) is 0 Å². The number of H-pyrrole nitrogens is 1. The van der Waals surface area contributed by atoms with Gasteiger partial charge in [-0.2, -0.15) is 5.10 Å². The van der Waals surface area contributed by atoms with Crippen LogP contribution in [0.4, 0.5) is 0 Å². The van der Waals surface area contributed by atoms with Crippen molar-refractivity contribution < 1.29 is 14.7 Å². The maximum Gasteiger partial charge on any atom is 0.332 e. The lowest BCUT2D eigenvalue weighted by Crippen LogP contribution is -2.35. The number of aliphatic carboxylic acids is 1. The van der Waals surface area contributed by atoms with E-state index >= 15 is 0 Å². The SMILES string of the molecule is O=C(NC(C(=O)O)c1n[nH]c(=O)c2ccccc12)c1ccccc1. The van der Waals surface area contributed by atoms with Crippen molar-refractivity contribution in [3.63, 3.8) is 0 Å². The van der Waals surface area contributed by atoms with Gasteiger partial charge in [-0.1, -0.05) is 36.4 Å². The summed E-state index contributed by atoms with van der Waals surface area (Å²) < 4.78 is 0. The van der Waals surface area contributed by atoms with Crippen molar-refractivity contribution >= 4 is 22.6 Å². The Balaban J connectivity index is 2.04. The van der Waals surface area contributed by atoms with Crippen molar-refractivity contribution in [1.29, 1.82) is 0 Å². The Morgan fingerprint density at radius 1 is 1.00 bits per heavy atom. The van der Waals surface area contributed by atoms with E-state index in [1.165, 1.54) is 0 Å². The first-order chi connectivity index (χ1) is 11.6. The predicted octanol–water partition coefficient (Wildman–Crippen LogP) is 1.48. The molecule has 0 saturated carbocycles. The van der Waals surface area contributed by atoms with Crippen molar-refractivity contribution in [2.75, 3.05) is 0 Å². The normalized spacial score (nSPS) is 11.8. The average Bonchev–Trinajstić information content (AvgIpc) is 2.61. The number of benzene rings is 2. The topological polar surface area (TPSA) is 112 Å². The number of fused-ring (bicyclic) bond motifs is 1. The number of rotatable bonds is 4. The van der Waals surface area contributed by atoms with E-state index in [1.54, 1.807) is 54.6 Å². The van der Waals surface area contributed by atoms with Crippen molar-refractivity contribution in [3.8, 4) is 0 Å². The number of nitrogens with one attached hydrogen (secondary N) is 2. The van der Waals surface area contributed by atoms with Crippen molar-refractivity contribution in [1.82, 2.24) is 15.5 Å². The number of carbonyl (C=O) groups is 2. The first-order valence-corrected chi connectivity index (χ1v) is 7.14. The number of carboxylic acids is 1. The molecule has 24 heavy (non-hydrogen) atoms. The molecular weight excluding hydrogens is 310 g/mol. The summed E-state index contributed by atoms with van der Waals surface area (Å²) in [7, 11) is 0. The molecule has 0 aliphatic heterocycles. The Hall–Kier alpha value is -3.48. The fourth-order valence-electron chi connectivity index (χ4n) is 2.41. The van der Waals surface area contributed by atoms with Crippen LogP contribution in [0.15, 0.2) is 59.4 Å². The zero-order valence-corrected chi connectivity index (χ0v) is 12.4. The van der Waals surface area contributed by atoms with Crippen LogP contribution >= 0.6 is 0 Å². The molecule has 3 rings (SSSR count). The van der Waals surface area contributed by atoms with Crippen LogP contribution in [0.1, 0.15) is 22.1 Å². The molecule has 1 unspecified atom stereocenters. The Morgan fingerprint density at radius 3 is 2.29 bits per heavy atom. The molecule has 7 nitrogen and oxygen atoms in total. The standard InChI is InChI=1S/C17H13N3O4/c21-15(10-6-2-1-3-7-10)18-14(17(23)24)13-11-8-4-5-9-12(11)16(22)20-19-13/h1-9,14H,(H,18,21)(H,20,22)(H,23,24). The Morgan fingerprint density at radius 2 is 1.62 bits per heavy atom. The monoisotopic (exact) mass is 323 g/mol. The number of amides is 1. The minimum atomic E-state index is -1.39. The molecule has 1 heterocycles. The maximum atomic E-state index is 12.3. The van der Waals surface area contributed by atoms with Crippen LogP contribution in [0.25, 0.3) is 10.8 Å². The molecule has 0 spiro atoms. The average molecular weight is 323 g/mol. The number of carboxylic acid groups (broad SMARTS) is 1. The quantitative estimate of drug-likeness (QED) is 0.673. The molecule has 2 aromatic carbocycles. The number of nitrogens with zero attached hydrogens (tertiary/aromatic N) is 1. The van der Waals surface area contributed by atoms with Crippen molar-refractivity contribution in [2.45, 2.75) is 6.04 Å². The summed E-state index contributed by atoms with van der Waals surface area (Å²) in [6.07, 6.45) is 0. The fraction of sp³-hybridized carbons (Fsp3) is 0.0588. The van der Waals surface area contributed by atoms with Gasteiger partial charge in [0.1, 0.15) is 5.69 Å². The van der Waals surface area contributed by atoms with Crippen molar-refractivity contribution in [3.05, 3.63) is 76.2 Å². The zero-order valence-electron chi connectivity index (χ0n) is 12.4. The van der Waals surface area contributed by atoms with Gasteiger partial charge < -0.3 is 10.4 Å². The van der Waals surface area contributed by atoms with E-state index in [-0.39, 0.29) is 5.69 Å². The lowest BCUT2D eigenvalue weighted by molar-refractivity contribution is -0.139. The summed E-state index contributed by atoms with van der Waals surface area (Å²) in [6.45, 7) is 0. The highest BCUT2D eigenvalue weighted by Gasteiger charge is 2.26. The second-order valence-electron chi connectivity index (χ2n) is 5.09. The molecule has 1 atom stereocenters. The number of hydrogen-bond donors (Lipinski definition) is 3. The largest absolute Gasteiger partial charge is 0.479 e. The van der Waals surface area contributed by atoms with Gasteiger partial charge >= 0.3 is 5.97 Å². The van der Waals surface area contributed by atoms with Gasteiger partial charge in [0, 0.05) is 10.9 Å². The molecule has 1 amide bonds. The van der Waals surface area contributed by atoms with Crippen LogP contribution in [0.3, 0.4) is 0 Å². The van der Waals surface area contributed by atoms with Gasteiger partial charge in [0.15, 0.2) is 6.04 Å². The summed E-state index contributed by atoms with van der Waals surface area (Å²) in [6, 6.07) is 13.4. The molecule has 0 aliphatic rings. The van der Waals surface area contributed by atoms with Gasteiger partial charge in [-0.3, -0.25) is 9.59 Å². The van der Waals surface area contributed by atoms with Crippen LogP contribution in [0.2, 0.25) is 0 Å². The molecule has 1 aromatic heterocycles. The van der Waals surface area contributed by atoms with E-state index in [0.717, 1.165) is 0 Å². The van der Waals surface area contributed by atoms with E-state index in [9.17, 15) is 19.5 Å². The van der Waals surface area contributed by atoms with Crippen molar-refractivity contribution in [2.24, 2.45) is 0 Å². The highest BCUT2D eigenvalue weighted by molar-refractivity contribution is 5.98. The molecule has 0 radical (unpaired) electrons. The lowest BCUT2D eigenvalue weighted by atomic mass is 10.1. The zero-order chi connectivity index (χ0) is 17.1. The molecule has 120 valence electrons. The Kier molecular flexibility index (Phi) is 4.07. The number of aromatic nitrogens is 2. The first-order valence-electron chi connectivity index (χ1n) is 7.14. The number of aromatic amines is 1. The second kappa shape index (κ2) is 6.33. The Labute approximate surface area is 136 Å². The first kappa shape index (κ1) is 15.4. The third kappa shape index (κ3) is 2.87. The minimum Gasteiger partial charge on any atom is -0.479 e. The molecule has 0 fully saturated rings. The molecule has 7 heteroatoms. The van der Waals surface area contributed by atoms with Gasteiger partial charge in [-0.05, 0) is 18.2 Å². The number of hydrogen-bond acceptors (Lipinski definition) is 4. The summed E-state index contributed by atoms with van der Waals surface area (Å²) in [4.78, 5) is 35.7. The van der Waals surface area contributed by atoms with Gasteiger partial charge in [0.2, 0.25) is 0 Å². The molecule has 0 aliphatic carbocycles. The van der Waals surface area contributed by atoms with Crippen LogP contribution in [-0.4, -0.2) is 27.2 Å². The molecular formula is C17H13N3O4. The summed E-state index contributed by atoms with van der Waals surface area (Å²) in [5.74, 6) is -1.82. The minimum absolute atomic E-state index is 0.0713. The maximum absolute atomic E-state index is 12.3. The van der Waals surface area contributed by atoms with E-state index in [2.05, 4.69) is 15.5 Å². The predicted molar refractivity (Wildman–Crippen MR) is 86.6 cm³/mol. The third-order valence-corrected chi connectivity index (χ3v) is 3.56.